The molecule has 3 heteroatoms. The van der Waals surface area contributed by atoms with E-state index in [4.69, 9.17) is 0 Å². The van der Waals surface area contributed by atoms with Gasteiger partial charge >= 0.3 is 0 Å². The van der Waals surface area contributed by atoms with Gasteiger partial charge in [0, 0.05) is 32.2 Å². The van der Waals surface area contributed by atoms with Crippen molar-refractivity contribution in [1.82, 2.24) is 4.90 Å². The van der Waals surface area contributed by atoms with Gasteiger partial charge in [0.1, 0.15) is 0 Å². The molecule has 0 bridgehead atoms. The maximum Gasteiger partial charge on any atom is 0.224 e. The van der Waals surface area contributed by atoms with Crippen LogP contribution in [-0.4, -0.2) is 24.4 Å². The summed E-state index contributed by atoms with van der Waals surface area (Å²) in [6.45, 7) is 3.37. The third-order valence-corrected chi connectivity index (χ3v) is 3.49. The standard InChI is InChI=1S/C18H22N2O/c1-15-8-6-7-11-17(15)19-13-12-18(21)20(2)14-16-9-4-3-5-10-16/h3-11,19H,12-14H2,1-2H3. The highest BCUT2D eigenvalue weighted by molar-refractivity contribution is 5.76. The molecule has 0 unspecified atom stereocenters. The minimum Gasteiger partial charge on any atom is -0.384 e. The van der Waals surface area contributed by atoms with E-state index < -0.39 is 0 Å². The normalized spacial score (nSPS) is 10.2. The Kier molecular flexibility index (Phi) is 5.38. The lowest BCUT2D eigenvalue weighted by Crippen LogP contribution is -2.27. The molecular formula is C18H22N2O. The van der Waals surface area contributed by atoms with Crippen molar-refractivity contribution in [3.63, 3.8) is 0 Å². The van der Waals surface area contributed by atoms with Crippen LogP contribution in [0.4, 0.5) is 5.69 Å². The predicted octanol–water partition coefficient (Wildman–Crippen LogP) is 3.46. The fourth-order valence-corrected chi connectivity index (χ4v) is 2.21. The molecule has 0 aliphatic rings. The quantitative estimate of drug-likeness (QED) is 0.880. The number of para-hydroxylation sites is 1. The monoisotopic (exact) mass is 282 g/mol. The van der Waals surface area contributed by atoms with Crippen LogP contribution < -0.4 is 5.32 Å². The molecule has 110 valence electrons. The maximum absolute atomic E-state index is 12.1. The van der Waals surface area contributed by atoms with Gasteiger partial charge in [-0.3, -0.25) is 4.79 Å². The molecule has 21 heavy (non-hydrogen) atoms. The minimum atomic E-state index is 0.153. The second kappa shape index (κ2) is 7.48. The van der Waals surface area contributed by atoms with Crippen molar-refractivity contribution in [3.05, 3.63) is 65.7 Å². The van der Waals surface area contributed by atoms with Crippen LogP contribution in [0.2, 0.25) is 0 Å². The summed E-state index contributed by atoms with van der Waals surface area (Å²) < 4.78 is 0. The van der Waals surface area contributed by atoms with Gasteiger partial charge in [-0.15, -0.1) is 0 Å². The molecular weight excluding hydrogens is 260 g/mol. The van der Waals surface area contributed by atoms with Crippen molar-refractivity contribution in [2.45, 2.75) is 19.9 Å². The van der Waals surface area contributed by atoms with Crippen molar-refractivity contribution in [1.29, 1.82) is 0 Å². The lowest BCUT2D eigenvalue weighted by molar-refractivity contribution is -0.130. The molecule has 1 amide bonds. The summed E-state index contributed by atoms with van der Waals surface area (Å²) in [6.07, 6.45) is 0.498. The average Bonchev–Trinajstić information content (AvgIpc) is 2.50. The smallest absolute Gasteiger partial charge is 0.224 e. The fourth-order valence-electron chi connectivity index (χ4n) is 2.21. The molecule has 2 aromatic carbocycles. The number of rotatable bonds is 6. The first-order valence-electron chi connectivity index (χ1n) is 7.24. The van der Waals surface area contributed by atoms with Gasteiger partial charge in [-0.05, 0) is 24.1 Å². The number of benzene rings is 2. The van der Waals surface area contributed by atoms with E-state index in [1.165, 1.54) is 5.56 Å². The first-order valence-corrected chi connectivity index (χ1v) is 7.24. The molecule has 3 nitrogen and oxygen atoms in total. The number of hydrogen-bond acceptors (Lipinski definition) is 2. The molecule has 2 rings (SSSR count). The Morgan fingerprint density at radius 1 is 1.05 bits per heavy atom. The second-order valence-electron chi connectivity index (χ2n) is 5.23. The third-order valence-electron chi connectivity index (χ3n) is 3.49. The van der Waals surface area contributed by atoms with E-state index in [1.807, 2.05) is 55.6 Å². The lowest BCUT2D eigenvalue weighted by Gasteiger charge is -2.18. The minimum absolute atomic E-state index is 0.153. The van der Waals surface area contributed by atoms with E-state index in [0.717, 1.165) is 11.3 Å². The second-order valence-corrected chi connectivity index (χ2v) is 5.23. The van der Waals surface area contributed by atoms with Crippen LogP contribution in [0, 0.1) is 6.92 Å². The molecule has 2 aromatic rings. The fraction of sp³-hybridized carbons (Fsp3) is 0.278. The van der Waals surface area contributed by atoms with Crippen LogP contribution in [0.1, 0.15) is 17.5 Å². The van der Waals surface area contributed by atoms with Gasteiger partial charge in [0.25, 0.3) is 0 Å². The average molecular weight is 282 g/mol. The maximum atomic E-state index is 12.1. The number of amides is 1. The first-order chi connectivity index (χ1) is 10.2. The molecule has 0 atom stereocenters. The Morgan fingerprint density at radius 3 is 2.43 bits per heavy atom. The van der Waals surface area contributed by atoms with Crippen molar-refractivity contribution in [2.75, 3.05) is 18.9 Å². The summed E-state index contributed by atoms with van der Waals surface area (Å²) in [5, 5.41) is 3.32. The van der Waals surface area contributed by atoms with E-state index in [0.29, 0.717) is 19.5 Å². The summed E-state index contributed by atoms with van der Waals surface area (Å²) in [6, 6.07) is 18.2. The van der Waals surface area contributed by atoms with Gasteiger partial charge in [0.2, 0.25) is 5.91 Å². The molecule has 0 aliphatic heterocycles. The third kappa shape index (κ3) is 4.63. The summed E-state index contributed by atoms with van der Waals surface area (Å²) in [7, 11) is 1.85. The molecule has 0 fully saturated rings. The molecule has 0 saturated carbocycles. The van der Waals surface area contributed by atoms with Crippen molar-refractivity contribution < 1.29 is 4.79 Å². The SMILES string of the molecule is Cc1ccccc1NCCC(=O)N(C)Cc1ccccc1. The van der Waals surface area contributed by atoms with E-state index in [1.54, 1.807) is 4.90 Å². The van der Waals surface area contributed by atoms with Crippen LogP contribution in [-0.2, 0) is 11.3 Å². The number of hydrogen-bond donors (Lipinski definition) is 1. The van der Waals surface area contributed by atoms with Gasteiger partial charge < -0.3 is 10.2 Å². The Hall–Kier alpha value is -2.29. The zero-order chi connectivity index (χ0) is 15.1. The number of nitrogens with one attached hydrogen (secondary N) is 1. The van der Waals surface area contributed by atoms with Crippen LogP contribution in [0.25, 0.3) is 0 Å². The number of carbonyl (C=O) groups is 1. The first kappa shape index (κ1) is 15.1. The van der Waals surface area contributed by atoms with Gasteiger partial charge in [-0.1, -0.05) is 48.5 Å². The Morgan fingerprint density at radius 2 is 1.71 bits per heavy atom. The summed E-state index contributed by atoms with van der Waals surface area (Å²) in [4.78, 5) is 13.9. The molecule has 0 radical (unpaired) electrons. The highest BCUT2D eigenvalue weighted by Crippen LogP contribution is 2.13. The number of carbonyl (C=O) groups excluding carboxylic acids is 1. The largest absolute Gasteiger partial charge is 0.384 e. The van der Waals surface area contributed by atoms with Gasteiger partial charge in [0.05, 0.1) is 0 Å². The van der Waals surface area contributed by atoms with Gasteiger partial charge in [-0.2, -0.15) is 0 Å². The van der Waals surface area contributed by atoms with Crippen LogP contribution in [0.5, 0.6) is 0 Å². The van der Waals surface area contributed by atoms with Crippen LogP contribution >= 0.6 is 0 Å². The van der Waals surface area contributed by atoms with Gasteiger partial charge in [-0.25, -0.2) is 0 Å². The Labute approximate surface area is 126 Å². The number of anilines is 1. The van der Waals surface area contributed by atoms with E-state index in [2.05, 4.69) is 18.3 Å². The molecule has 0 aromatic heterocycles. The Bertz CT molecular complexity index is 581. The zero-order valence-corrected chi connectivity index (χ0v) is 12.7. The summed E-state index contributed by atoms with van der Waals surface area (Å²) in [5.41, 5.74) is 3.44. The van der Waals surface area contributed by atoms with Crippen molar-refractivity contribution >= 4 is 11.6 Å². The topological polar surface area (TPSA) is 32.3 Å². The molecule has 0 saturated heterocycles. The molecule has 0 aliphatic carbocycles. The van der Waals surface area contributed by atoms with E-state index >= 15 is 0 Å². The van der Waals surface area contributed by atoms with Crippen LogP contribution in [0.3, 0.4) is 0 Å². The summed E-state index contributed by atoms with van der Waals surface area (Å²) in [5.74, 6) is 0.153. The number of aryl methyl sites for hydroxylation is 1. The number of nitrogens with zero attached hydrogens (tertiary/aromatic N) is 1. The summed E-state index contributed by atoms with van der Waals surface area (Å²) >= 11 is 0. The zero-order valence-electron chi connectivity index (χ0n) is 12.7. The van der Waals surface area contributed by atoms with Crippen LogP contribution in [0.15, 0.2) is 54.6 Å². The Balaban J connectivity index is 1.78. The van der Waals surface area contributed by atoms with Gasteiger partial charge in [0.15, 0.2) is 0 Å². The molecule has 0 spiro atoms. The van der Waals surface area contributed by atoms with Crippen molar-refractivity contribution in [3.8, 4) is 0 Å². The molecule has 1 N–H and O–H groups in total. The predicted molar refractivity (Wildman–Crippen MR) is 87.2 cm³/mol. The van der Waals surface area contributed by atoms with E-state index in [-0.39, 0.29) is 5.91 Å². The van der Waals surface area contributed by atoms with Crippen molar-refractivity contribution in [2.24, 2.45) is 0 Å². The lowest BCUT2D eigenvalue weighted by atomic mass is 10.2. The van der Waals surface area contributed by atoms with E-state index in [9.17, 15) is 4.79 Å². The highest BCUT2D eigenvalue weighted by Gasteiger charge is 2.08. The molecule has 0 heterocycles. The highest BCUT2D eigenvalue weighted by atomic mass is 16.2.